The molecular weight excluding hydrogens is 503 g/mol. The molecular formula is C27H32F3N3O5. The molecule has 2 N–H and O–H groups in total. The first-order valence-corrected chi connectivity index (χ1v) is 12.3. The number of rotatable bonds is 12. The summed E-state index contributed by atoms with van der Waals surface area (Å²) < 4.78 is 54.0. The molecule has 0 amide bonds. The molecule has 0 saturated carbocycles. The van der Waals surface area contributed by atoms with Gasteiger partial charge >= 0.3 is 12.1 Å². The van der Waals surface area contributed by atoms with E-state index < -0.39 is 24.7 Å². The van der Waals surface area contributed by atoms with Gasteiger partial charge in [0.25, 0.3) is 0 Å². The van der Waals surface area contributed by atoms with E-state index in [-0.39, 0.29) is 30.4 Å². The number of hydrogen-bond donors (Lipinski definition) is 2. The largest absolute Gasteiger partial charge is 0.483 e. The van der Waals surface area contributed by atoms with Crippen LogP contribution in [0.3, 0.4) is 0 Å². The SMILES string of the molecule is CCN(c1ccc([C@@H](COC)CC(=O)O)cc1Nc1ccc(C#N)c(OCC(F)(F)F)c1)C1CCOCC1. The number of benzene rings is 2. The Morgan fingerprint density at radius 3 is 2.61 bits per heavy atom. The van der Waals surface area contributed by atoms with Crippen molar-refractivity contribution in [3.8, 4) is 11.8 Å². The molecule has 0 aromatic heterocycles. The number of anilines is 3. The zero-order chi connectivity index (χ0) is 27.7. The third-order valence-electron chi connectivity index (χ3n) is 6.34. The van der Waals surface area contributed by atoms with Crippen molar-refractivity contribution in [2.45, 2.75) is 44.3 Å². The number of hydrogen-bond acceptors (Lipinski definition) is 7. The van der Waals surface area contributed by atoms with Crippen molar-refractivity contribution in [3.63, 3.8) is 0 Å². The lowest BCUT2D eigenvalue weighted by Crippen LogP contribution is -2.39. The quantitative estimate of drug-likeness (QED) is 0.370. The summed E-state index contributed by atoms with van der Waals surface area (Å²) in [7, 11) is 1.51. The molecule has 0 bridgehead atoms. The number of nitrogens with zero attached hydrogens (tertiary/aromatic N) is 2. The van der Waals surface area contributed by atoms with Crippen LogP contribution in [0.1, 0.15) is 43.2 Å². The van der Waals surface area contributed by atoms with E-state index >= 15 is 0 Å². The molecule has 1 saturated heterocycles. The number of halogens is 3. The van der Waals surface area contributed by atoms with Crippen molar-refractivity contribution in [2.24, 2.45) is 0 Å². The van der Waals surface area contributed by atoms with E-state index in [1.54, 1.807) is 6.07 Å². The third-order valence-corrected chi connectivity index (χ3v) is 6.34. The number of carbonyl (C=O) groups is 1. The maximum absolute atomic E-state index is 12.8. The fourth-order valence-corrected chi connectivity index (χ4v) is 4.59. The molecule has 0 spiro atoms. The summed E-state index contributed by atoms with van der Waals surface area (Å²) in [5.74, 6) is -1.55. The molecule has 38 heavy (non-hydrogen) atoms. The van der Waals surface area contributed by atoms with Gasteiger partial charge in [-0.3, -0.25) is 4.79 Å². The highest BCUT2D eigenvalue weighted by molar-refractivity contribution is 5.78. The van der Waals surface area contributed by atoms with Gasteiger partial charge in [0, 0.05) is 50.6 Å². The molecule has 206 valence electrons. The molecule has 8 nitrogen and oxygen atoms in total. The summed E-state index contributed by atoms with van der Waals surface area (Å²) in [5, 5.41) is 22.0. The lowest BCUT2D eigenvalue weighted by atomic mass is 9.94. The average Bonchev–Trinajstić information content (AvgIpc) is 2.88. The third kappa shape index (κ3) is 8.00. The summed E-state index contributed by atoms with van der Waals surface area (Å²) >= 11 is 0. The highest BCUT2D eigenvalue weighted by atomic mass is 19.4. The van der Waals surface area contributed by atoms with E-state index in [4.69, 9.17) is 14.2 Å². The fraction of sp³-hybridized carbons (Fsp3) is 0.481. The van der Waals surface area contributed by atoms with Crippen LogP contribution in [0, 0.1) is 11.3 Å². The predicted molar refractivity (Wildman–Crippen MR) is 136 cm³/mol. The van der Waals surface area contributed by atoms with E-state index in [1.807, 2.05) is 31.2 Å². The van der Waals surface area contributed by atoms with Gasteiger partial charge in [-0.2, -0.15) is 18.4 Å². The lowest BCUT2D eigenvalue weighted by Gasteiger charge is -2.37. The topological polar surface area (TPSA) is 104 Å². The summed E-state index contributed by atoms with van der Waals surface area (Å²) in [4.78, 5) is 13.7. The Kier molecular flexibility index (Phi) is 10.2. The van der Waals surface area contributed by atoms with Gasteiger partial charge in [-0.15, -0.1) is 0 Å². The summed E-state index contributed by atoms with van der Waals surface area (Å²) in [6.07, 6.45) is -3.00. The first-order valence-electron chi connectivity index (χ1n) is 12.3. The molecule has 1 aliphatic rings. The van der Waals surface area contributed by atoms with Crippen molar-refractivity contribution in [1.29, 1.82) is 5.26 Å². The van der Waals surface area contributed by atoms with Crippen LogP contribution < -0.4 is 15.0 Å². The predicted octanol–water partition coefficient (Wildman–Crippen LogP) is 5.45. The number of ether oxygens (including phenoxy) is 3. The molecule has 11 heteroatoms. The Morgan fingerprint density at radius 2 is 2.00 bits per heavy atom. The van der Waals surface area contributed by atoms with E-state index in [0.29, 0.717) is 31.1 Å². The van der Waals surface area contributed by atoms with Gasteiger partial charge in [-0.25, -0.2) is 0 Å². The van der Waals surface area contributed by atoms with Gasteiger partial charge in [0.15, 0.2) is 6.61 Å². The van der Waals surface area contributed by atoms with Crippen molar-refractivity contribution in [2.75, 3.05) is 50.3 Å². The Labute approximate surface area is 219 Å². The maximum atomic E-state index is 12.8. The normalized spacial score (nSPS) is 14.9. The summed E-state index contributed by atoms with van der Waals surface area (Å²) in [5.41, 5.74) is 2.65. The number of nitrogens with one attached hydrogen (secondary N) is 1. The fourth-order valence-electron chi connectivity index (χ4n) is 4.59. The first-order chi connectivity index (χ1) is 18.1. The summed E-state index contributed by atoms with van der Waals surface area (Å²) in [6.45, 7) is 2.71. The van der Waals surface area contributed by atoms with Crippen LogP contribution in [0.15, 0.2) is 36.4 Å². The minimum atomic E-state index is -4.55. The maximum Gasteiger partial charge on any atom is 0.422 e. The number of nitriles is 1. The second-order valence-corrected chi connectivity index (χ2v) is 9.01. The molecule has 3 rings (SSSR count). The number of alkyl halides is 3. The van der Waals surface area contributed by atoms with Crippen LogP contribution in [0.25, 0.3) is 0 Å². The van der Waals surface area contributed by atoms with Gasteiger partial charge in [0.05, 0.1) is 30.0 Å². The van der Waals surface area contributed by atoms with E-state index in [2.05, 4.69) is 10.2 Å². The van der Waals surface area contributed by atoms with E-state index in [9.17, 15) is 28.3 Å². The molecule has 1 fully saturated rings. The number of carboxylic acids is 1. The van der Waals surface area contributed by atoms with Crippen molar-refractivity contribution >= 4 is 23.0 Å². The Balaban J connectivity index is 2.03. The second kappa shape index (κ2) is 13.3. The van der Waals surface area contributed by atoms with Crippen LogP contribution in [0.4, 0.5) is 30.2 Å². The Morgan fingerprint density at radius 1 is 1.26 bits per heavy atom. The molecule has 0 radical (unpaired) electrons. The standard InChI is InChI=1S/C27H32F3N3O5/c1-3-33(22-8-10-37-11-9-22)24-7-5-18(20(16-36-2)13-26(34)35)12-23(24)32-21-6-4-19(15-31)25(14-21)38-17-27(28,29)30/h4-7,12,14,20,22,32H,3,8-11,13,16-17H2,1-2H3,(H,34,35)/t20-/m1/s1. The number of methoxy groups -OCH3 is 1. The summed E-state index contributed by atoms with van der Waals surface area (Å²) in [6, 6.07) is 12.1. The van der Waals surface area contributed by atoms with E-state index in [1.165, 1.54) is 19.2 Å². The Hall–Kier alpha value is -3.49. The monoisotopic (exact) mass is 535 g/mol. The van der Waals surface area contributed by atoms with Crippen LogP contribution >= 0.6 is 0 Å². The van der Waals surface area contributed by atoms with E-state index in [0.717, 1.165) is 24.1 Å². The highest BCUT2D eigenvalue weighted by Gasteiger charge is 2.29. The van der Waals surface area contributed by atoms with Crippen molar-refractivity contribution in [3.05, 3.63) is 47.5 Å². The van der Waals surface area contributed by atoms with Crippen LogP contribution in [-0.2, 0) is 14.3 Å². The van der Waals surface area contributed by atoms with Crippen molar-refractivity contribution in [1.82, 2.24) is 0 Å². The lowest BCUT2D eigenvalue weighted by molar-refractivity contribution is -0.153. The van der Waals surface area contributed by atoms with Crippen molar-refractivity contribution < 1.29 is 37.3 Å². The minimum absolute atomic E-state index is 0.0206. The molecule has 1 heterocycles. The Bertz CT molecular complexity index is 1130. The van der Waals surface area contributed by atoms with Crippen LogP contribution in [0.2, 0.25) is 0 Å². The first kappa shape index (κ1) is 29.1. The van der Waals surface area contributed by atoms with Gasteiger partial charge in [-0.05, 0) is 49.6 Å². The van der Waals surface area contributed by atoms with Gasteiger partial charge in [0.2, 0.25) is 0 Å². The number of aliphatic carboxylic acids is 1. The highest BCUT2D eigenvalue weighted by Crippen LogP contribution is 2.37. The molecule has 1 atom stereocenters. The molecule has 0 aliphatic carbocycles. The molecule has 2 aromatic rings. The van der Waals surface area contributed by atoms with Crippen LogP contribution in [-0.4, -0.2) is 63.4 Å². The van der Waals surface area contributed by atoms with Gasteiger partial charge < -0.3 is 29.5 Å². The smallest absolute Gasteiger partial charge is 0.422 e. The minimum Gasteiger partial charge on any atom is -0.483 e. The van der Waals surface area contributed by atoms with Gasteiger partial charge in [0.1, 0.15) is 11.8 Å². The number of carboxylic acid groups (broad SMARTS) is 1. The molecule has 1 aliphatic heterocycles. The van der Waals surface area contributed by atoms with Gasteiger partial charge in [-0.1, -0.05) is 6.07 Å². The molecule has 2 aromatic carbocycles. The zero-order valence-corrected chi connectivity index (χ0v) is 21.4. The molecule has 0 unspecified atom stereocenters. The second-order valence-electron chi connectivity index (χ2n) is 9.01. The average molecular weight is 536 g/mol. The van der Waals surface area contributed by atoms with Crippen LogP contribution in [0.5, 0.6) is 5.75 Å². The zero-order valence-electron chi connectivity index (χ0n) is 21.4.